The van der Waals surface area contributed by atoms with E-state index in [0.717, 1.165) is 24.3 Å². The minimum absolute atomic E-state index is 0.442. The second kappa shape index (κ2) is 10.5. The lowest BCUT2D eigenvalue weighted by molar-refractivity contribution is -0.116. The molecule has 0 rings (SSSR count). The van der Waals surface area contributed by atoms with Crippen LogP contribution in [0.3, 0.4) is 0 Å². The maximum absolute atomic E-state index is 11.4. The fourth-order valence-corrected chi connectivity index (χ4v) is 2.37. The van der Waals surface area contributed by atoms with Crippen molar-refractivity contribution < 1.29 is 4.79 Å². The molecule has 2 heteroatoms. The van der Waals surface area contributed by atoms with Crippen LogP contribution >= 0.6 is 11.8 Å². The molecule has 1 nitrogen and oxygen atoms in total. The van der Waals surface area contributed by atoms with Crippen molar-refractivity contribution in [3.63, 3.8) is 0 Å². The fourth-order valence-electron chi connectivity index (χ4n) is 1.41. The molecule has 0 N–H and O–H groups in total. The maximum atomic E-state index is 11.4. The number of thioether (sulfide) groups is 1. The molecule has 0 spiro atoms. The minimum Gasteiger partial charge on any atom is -0.299 e. The van der Waals surface area contributed by atoms with E-state index >= 15 is 0 Å². The summed E-state index contributed by atoms with van der Waals surface area (Å²) >= 11 is 1.79. The molecule has 0 aromatic carbocycles. The van der Waals surface area contributed by atoms with E-state index in [1.807, 2.05) is 0 Å². The quantitative estimate of drug-likeness (QED) is 0.520. The van der Waals surface area contributed by atoms with Crippen LogP contribution in [0.1, 0.15) is 59.3 Å². The first-order valence-corrected chi connectivity index (χ1v) is 7.41. The lowest BCUT2D eigenvalue weighted by Gasteiger charge is -2.03. The number of carbonyl (C=O) groups excluding carboxylic acids is 1. The smallest absolute Gasteiger partial charge is 0.142 e. The van der Waals surface area contributed by atoms with E-state index < -0.39 is 0 Å². The fraction of sp³-hybridized carbons (Fsp3) is 0.923. The molecular weight excluding hydrogens is 204 g/mol. The minimum atomic E-state index is 0.442. The molecule has 0 aromatic heterocycles. The van der Waals surface area contributed by atoms with Crippen molar-refractivity contribution in [3.05, 3.63) is 0 Å². The lowest BCUT2D eigenvalue weighted by atomic mass is 10.1. The summed E-state index contributed by atoms with van der Waals surface area (Å²) in [6, 6.07) is 0. The first kappa shape index (κ1) is 15.0. The van der Waals surface area contributed by atoms with Crippen molar-refractivity contribution in [1.29, 1.82) is 0 Å². The van der Waals surface area contributed by atoms with Gasteiger partial charge in [0, 0.05) is 6.42 Å². The molecule has 0 atom stereocenters. The van der Waals surface area contributed by atoms with Gasteiger partial charge in [-0.25, -0.2) is 0 Å². The molecule has 0 radical (unpaired) electrons. The molecule has 0 unspecified atom stereocenters. The topological polar surface area (TPSA) is 17.1 Å². The van der Waals surface area contributed by atoms with E-state index in [4.69, 9.17) is 0 Å². The Morgan fingerprint density at radius 2 is 1.80 bits per heavy atom. The number of unbranched alkanes of at least 4 members (excludes halogenated alkanes) is 4. The van der Waals surface area contributed by atoms with Gasteiger partial charge in [-0.3, -0.25) is 4.79 Å². The molecule has 0 saturated carbocycles. The van der Waals surface area contributed by atoms with Gasteiger partial charge in [0.1, 0.15) is 5.78 Å². The first-order valence-electron chi connectivity index (χ1n) is 6.26. The second-order valence-electron chi connectivity index (χ2n) is 4.61. The lowest BCUT2D eigenvalue weighted by Crippen LogP contribution is -2.03. The molecule has 0 aliphatic carbocycles. The van der Waals surface area contributed by atoms with Gasteiger partial charge in [0.2, 0.25) is 0 Å². The van der Waals surface area contributed by atoms with Crippen LogP contribution in [-0.2, 0) is 4.79 Å². The molecule has 0 aliphatic heterocycles. The predicted octanol–water partition coefficient (Wildman–Crippen LogP) is 4.31. The van der Waals surface area contributed by atoms with Crippen molar-refractivity contribution in [2.24, 2.45) is 5.92 Å². The van der Waals surface area contributed by atoms with Crippen LogP contribution in [0.5, 0.6) is 0 Å². The molecule has 0 aromatic rings. The van der Waals surface area contributed by atoms with Crippen molar-refractivity contribution in [1.82, 2.24) is 0 Å². The Bertz CT molecular complexity index is 155. The monoisotopic (exact) mass is 230 g/mol. The van der Waals surface area contributed by atoms with Crippen LogP contribution in [-0.4, -0.2) is 17.3 Å². The van der Waals surface area contributed by atoms with Crippen LogP contribution in [0.4, 0.5) is 0 Å². The highest BCUT2D eigenvalue weighted by molar-refractivity contribution is 7.99. The zero-order chi connectivity index (χ0) is 11.5. The molecule has 0 amide bonds. The number of Topliss-reactive ketones (excluding diaryl/α,β-unsaturated/α-hetero) is 1. The van der Waals surface area contributed by atoms with Gasteiger partial charge in [0.05, 0.1) is 5.75 Å². The molecule has 0 saturated heterocycles. The third-order valence-corrected chi connectivity index (χ3v) is 3.70. The van der Waals surface area contributed by atoms with Gasteiger partial charge in [0.15, 0.2) is 0 Å². The summed E-state index contributed by atoms with van der Waals surface area (Å²) in [5.74, 6) is 2.98. The number of ketones is 1. The zero-order valence-corrected chi connectivity index (χ0v) is 11.4. The standard InChI is InChI=1S/C13H26OS/c1-4-5-6-7-8-9-13(14)11-15-10-12(2)3/h12H,4-11H2,1-3H3. The summed E-state index contributed by atoms with van der Waals surface area (Å²) in [6.45, 7) is 6.61. The van der Waals surface area contributed by atoms with Gasteiger partial charge < -0.3 is 0 Å². The van der Waals surface area contributed by atoms with E-state index in [9.17, 15) is 4.79 Å². The second-order valence-corrected chi connectivity index (χ2v) is 5.64. The van der Waals surface area contributed by atoms with E-state index in [0.29, 0.717) is 11.7 Å². The number of hydrogen-bond donors (Lipinski definition) is 0. The summed E-state index contributed by atoms with van der Waals surface area (Å²) in [6.07, 6.45) is 7.02. The van der Waals surface area contributed by atoms with Crippen molar-refractivity contribution in [3.8, 4) is 0 Å². The highest BCUT2D eigenvalue weighted by Crippen LogP contribution is 2.10. The highest BCUT2D eigenvalue weighted by Gasteiger charge is 2.02. The first-order chi connectivity index (χ1) is 7.16. The largest absolute Gasteiger partial charge is 0.299 e. The molecule has 15 heavy (non-hydrogen) atoms. The SMILES string of the molecule is CCCCCCCC(=O)CSCC(C)C. The Balaban J connectivity index is 3.19. The summed E-state index contributed by atoms with van der Waals surface area (Å²) in [5.41, 5.74) is 0. The summed E-state index contributed by atoms with van der Waals surface area (Å²) in [5, 5.41) is 0. The van der Waals surface area contributed by atoms with Crippen molar-refractivity contribution in [2.45, 2.75) is 59.3 Å². The zero-order valence-electron chi connectivity index (χ0n) is 10.6. The normalized spacial score (nSPS) is 10.9. The summed E-state index contributed by atoms with van der Waals surface area (Å²) in [4.78, 5) is 11.4. The average molecular weight is 230 g/mol. The third-order valence-electron chi connectivity index (χ3n) is 2.27. The Morgan fingerprint density at radius 1 is 1.13 bits per heavy atom. The third kappa shape index (κ3) is 11.9. The predicted molar refractivity (Wildman–Crippen MR) is 70.5 cm³/mol. The number of hydrogen-bond acceptors (Lipinski definition) is 2. The average Bonchev–Trinajstić information content (AvgIpc) is 2.17. The van der Waals surface area contributed by atoms with E-state index in [2.05, 4.69) is 20.8 Å². The van der Waals surface area contributed by atoms with Crippen LogP contribution in [0.2, 0.25) is 0 Å². The van der Waals surface area contributed by atoms with Crippen LogP contribution < -0.4 is 0 Å². The highest BCUT2D eigenvalue weighted by atomic mass is 32.2. The maximum Gasteiger partial charge on any atom is 0.142 e. The molecule has 0 aliphatic rings. The number of rotatable bonds is 10. The van der Waals surface area contributed by atoms with Gasteiger partial charge in [-0.2, -0.15) is 11.8 Å². The van der Waals surface area contributed by atoms with Gasteiger partial charge in [-0.1, -0.05) is 46.5 Å². The van der Waals surface area contributed by atoms with Crippen LogP contribution in [0.15, 0.2) is 0 Å². The van der Waals surface area contributed by atoms with Gasteiger partial charge in [-0.05, 0) is 18.1 Å². The Labute approximate surface area is 99.4 Å². The van der Waals surface area contributed by atoms with Crippen LogP contribution in [0, 0.1) is 5.92 Å². The Kier molecular flexibility index (Phi) is 10.5. The molecule has 0 heterocycles. The number of carbonyl (C=O) groups is 1. The van der Waals surface area contributed by atoms with Gasteiger partial charge in [0.25, 0.3) is 0 Å². The van der Waals surface area contributed by atoms with E-state index in [-0.39, 0.29) is 0 Å². The van der Waals surface area contributed by atoms with Gasteiger partial charge in [-0.15, -0.1) is 0 Å². The summed E-state index contributed by atoms with van der Waals surface area (Å²) in [7, 11) is 0. The molecule has 90 valence electrons. The van der Waals surface area contributed by atoms with Gasteiger partial charge >= 0.3 is 0 Å². The van der Waals surface area contributed by atoms with E-state index in [1.165, 1.54) is 25.7 Å². The molecule has 0 fully saturated rings. The van der Waals surface area contributed by atoms with Crippen molar-refractivity contribution >= 4 is 17.5 Å². The molecular formula is C13H26OS. The van der Waals surface area contributed by atoms with Crippen molar-refractivity contribution in [2.75, 3.05) is 11.5 Å². The Hall–Kier alpha value is 0.0200. The van der Waals surface area contributed by atoms with Crippen LogP contribution in [0.25, 0.3) is 0 Å². The molecule has 0 bridgehead atoms. The summed E-state index contributed by atoms with van der Waals surface area (Å²) < 4.78 is 0. The Morgan fingerprint density at radius 3 is 2.40 bits per heavy atom. The van der Waals surface area contributed by atoms with E-state index in [1.54, 1.807) is 11.8 Å².